The maximum absolute atomic E-state index is 13.6. The first kappa shape index (κ1) is 20.5. The molecule has 1 amide bonds. The molecule has 0 aliphatic carbocycles. The van der Waals surface area contributed by atoms with Gasteiger partial charge in [0.1, 0.15) is 11.6 Å². The van der Waals surface area contributed by atoms with Crippen LogP contribution in [0.4, 0.5) is 5.69 Å². The first-order valence-corrected chi connectivity index (χ1v) is 11.1. The monoisotopic (exact) mass is 518 g/mol. The van der Waals surface area contributed by atoms with Gasteiger partial charge in [-0.3, -0.25) is 19.5 Å². The van der Waals surface area contributed by atoms with Gasteiger partial charge in [-0.05, 0) is 48.5 Å². The standard InChI is InChI=1S/C25H15BrN2O6/c26-14-4-6-17-13(9-14)10-20(34-17)23(29)21-22(16-3-1-2-8-27-16)28(25(31)24(21)30)15-5-7-18-19(11-15)33-12-32-18/h1-11,22,30H,12H2. The highest BCUT2D eigenvalue weighted by Crippen LogP contribution is 2.44. The minimum atomic E-state index is -0.971. The first-order valence-electron chi connectivity index (χ1n) is 10.3. The number of aliphatic hydroxyl groups is 1. The third kappa shape index (κ3) is 3.16. The van der Waals surface area contributed by atoms with Gasteiger partial charge < -0.3 is 19.0 Å². The number of carbonyl (C=O) groups is 2. The lowest BCUT2D eigenvalue weighted by Gasteiger charge is -2.26. The van der Waals surface area contributed by atoms with Gasteiger partial charge in [0, 0.05) is 27.8 Å². The fraction of sp³-hybridized carbons (Fsp3) is 0.0800. The van der Waals surface area contributed by atoms with Gasteiger partial charge in [0.25, 0.3) is 5.91 Å². The molecule has 4 aromatic rings. The summed E-state index contributed by atoms with van der Waals surface area (Å²) in [6.45, 7) is 0.0752. The molecule has 0 saturated carbocycles. The third-order valence-corrected chi connectivity index (χ3v) is 6.25. The summed E-state index contributed by atoms with van der Waals surface area (Å²) in [7, 11) is 0. The average molecular weight is 519 g/mol. The van der Waals surface area contributed by atoms with Crippen LogP contribution in [0.1, 0.15) is 22.3 Å². The number of nitrogens with zero attached hydrogens (tertiary/aromatic N) is 2. The number of aliphatic hydroxyl groups excluding tert-OH is 1. The molecule has 34 heavy (non-hydrogen) atoms. The summed E-state index contributed by atoms with van der Waals surface area (Å²) >= 11 is 3.40. The Morgan fingerprint density at radius 1 is 1.06 bits per heavy atom. The van der Waals surface area contributed by atoms with Crippen LogP contribution < -0.4 is 14.4 Å². The van der Waals surface area contributed by atoms with Gasteiger partial charge in [0.15, 0.2) is 23.0 Å². The van der Waals surface area contributed by atoms with E-state index in [-0.39, 0.29) is 18.1 Å². The van der Waals surface area contributed by atoms with Crippen LogP contribution in [0.25, 0.3) is 11.0 Å². The molecule has 168 valence electrons. The summed E-state index contributed by atoms with van der Waals surface area (Å²) < 4.78 is 17.4. The highest BCUT2D eigenvalue weighted by molar-refractivity contribution is 9.10. The van der Waals surface area contributed by atoms with Crippen molar-refractivity contribution < 1.29 is 28.6 Å². The van der Waals surface area contributed by atoms with Crippen LogP contribution in [0.2, 0.25) is 0 Å². The third-order valence-electron chi connectivity index (χ3n) is 5.76. The Hall–Kier alpha value is -4.11. The molecule has 2 aromatic heterocycles. The Bertz CT molecular complexity index is 1510. The Morgan fingerprint density at radius 2 is 1.91 bits per heavy atom. The number of aromatic nitrogens is 1. The fourth-order valence-electron chi connectivity index (χ4n) is 4.21. The van der Waals surface area contributed by atoms with Crippen molar-refractivity contribution in [2.24, 2.45) is 0 Å². The van der Waals surface area contributed by atoms with E-state index in [1.807, 2.05) is 6.07 Å². The molecule has 0 bridgehead atoms. The smallest absolute Gasteiger partial charge is 0.294 e. The number of furan rings is 1. The summed E-state index contributed by atoms with van der Waals surface area (Å²) in [4.78, 5) is 32.6. The number of carbonyl (C=O) groups excluding carboxylic acids is 2. The summed E-state index contributed by atoms with van der Waals surface area (Å²) in [5.41, 5.74) is 1.24. The van der Waals surface area contributed by atoms with Gasteiger partial charge in [0.05, 0.1) is 11.3 Å². The maximum atomic E-state index is 13.6. The topological polar surface area (TPSA) is 102 Å². The van der Waals surface area contributed by atoms with E-state index in [1.54, 1.807) is 60.8 Å². The molecule has 2 aliphatic rings. The number of ether oxygens (including phenoxy) is 2. The van der Waals surface area contributed by atoms with Crippen LogP contribution in [0.3, 0.4) is 0 Å². The number of pyridine rings is 1. The van der Waals surface area contributed by atoms with E-state index < -0.39 is 23.5 Å². The zero-order chi connectivity index (χ0) is 23.4. The van der Waals surface area contributed by atoms with E-state index >= 15 is 0 Å². The van der Waals surface area contributed by atoms with Crippen molar-refractivity contribution in [3.05, 3.63) is 94.1 Å². The molecule has 8 nitrogen and oxygen atoms in total. The number of anilines is 1. The van der Waals surface area contributed by atoms with Crippen LogP contribution >= 0.6 is 15.9 Å². The van der Waals surface area contributed by atoms with Gasteiger partial charge in [-0.25, -0.2) is 0 Å². The summed E-state index contributed by atoms with van der Waals surface area (Å²) in [5, 5.41) is 11.6. The molecule has 2 aliphatic heterocycles. The second kappa shape index (κ2) is 7.74. The maximum Gasteiger partial charge on any atom is 0.294 e. The summed E-state index contributed by atoms with van der Waals surface area (Å²) in [5.74, 6) is -0.955. The van der Waals surface area contributed by atoms with E-state index in [4.69, 9.17) is 13.9 Å². The number of ketones is 1. The average Bonchev–Trinajstić information content (AvgIpc) is 3.55. The molecule has 2 aromatic carbocycles. The minimum Gasteiger partial charge on any atom is -0.503 e. The van der Waals surface area contributed by atoms with Crippen LogP contribution in [-0.2, 0) is 4.79 Å². The molecule has 0 spiro atoms. The van der Waals surface area contributed by atoms with E-state index in [2.05, 4.69) is 20.9 Å². The van der Waals surface area contributed by atoms with Gasteiger partial charge in [-0.2, -0.15) is 0 Å². The van der Waals surface area contributed by atoms with Gasteiger partial charge in [-0.1, -0.05) is 22.0 Å². The highest BCUT2D eigenvalue weighted by Gasteiger charge is 2.46. The van der Waals surface area contributed by atoms with Crippen molar-refractivity contribution in [1.29, 1.82) is 0 Å². The lowest BCUT2D eigenvalue weighted by molar-refractivity contribution is -0.117. The quantitative estimate of drug-likeness (QED) is 0.375. The zero-order valence-corrected chi connectivity index (χ0v) is 19.0. The largest absolute Gasteiger partial charge is 0.503 e. The van der Waals surface area contributed by atoms with Gasteiger partial charge >= 0.3 is 0 Å². The normalized spacial score (nSPS) is 17.1. The number of amides is 1. The van der Waals surface area contributed by atoms with E-state index in [0.717, 1.165) is 4.47 Å². The highest BCUT2D eigenvalue weighted by atomic mass is 79.9. The second-order valence-electron chi connectivity index (χ2n) is 7.75. The number of benzene rings is 2. The van der Waals surface area contributed by atoms with Crippen molar-refractivity contribution in [2.75, 3.05) is 11.7 Å². The molecule has 1 atom stereocenters. The Morgan fingerprint density at radius 3 is 2.74 bits per heavy atom. The van der Waals surface area contributed by atoms with Crippen molar-refractivity contribution >= 4 is 44.3 Å². The van der Waals surface area contributed by atoms with Crippen LogP contribution in [0.15, 0.2) is 87.1 Å². The lowest BCUT2D eigenvalue weighted by atomic mass is 9.98. The van der Waals surface area contributed by atoms with E-state index in [0.29, 0.717) is 33.8 Å². The Balaban J connectivity index is 1.48. The SMILES string of the molecule is O=C(C1=C(O)C(=O)N(c2ccc3c(c2)OCO3)C1c1ccccn1)c1cc2cc(Br)ccc2o1. The van der Waals surface area contributed by atoms with Crippen LogP contribution in [-0.4, -0.2) is 28.6 Å². The number of Topliss-reactive ketones (excluding diaryl/α,β-unsaturated/α-hetero) is 1. The molecular formula is C25H15BrN2O6. The Labute approximate surface area is 201 Å². The number of halogens is 1. The van der Waals surface area contributed by atoms with Gasteiger partial charge in [0.2, 0.25) is 12.6 Å². The zero-order valence-electron chi connectivity index (χ0n) is 17.4. The molecule has 0 radical (unpaired) electrons. The summed E-state index contributed by atoms with van der Waals surface area (Å²) in [6, 6.07) is 16.1. The second-order valence-corrected chi connectivity index (χ2v) is 8.67. The summed E-state index contributed by atoms with van der Waals surface area (Å²) in [6.07, 6.45) is 1.56. The number of hydrogen-bond donors (Lipinski definition) is 1. The number of rotatable bonds is 4. The molecule has 0 saturated heterocycles. The van der Waals surface area contributed by atoms with E-state index in [1.165, 1.54) is 4.90 Å². The van der Waals surface area contributed by atoms with Crippen LogP contribution in [0, 0.1) is 0 Å². The molecule has 6 rings (SSSR count). The Kier molecular flexibility index (Phi) is 4.66. The first-order chi connectivity index (χ1) is 16.5. The number of hydrogen-bond acceptors (Lipinski definition) is 7. The minimum absolute atomic E-state index is 0.0101. The van der Waals surface area contributed by atoms with Crippen molar-refractivity contribution in [3.63, 3.8) is 0 Å². The molecule has 1 N–H and O–H groups in total. The van der Waals surface area contributed by atoms with Crippen molar-refractivity contribution in [1.82, 2.24) is 4.98 Å². The molecule has 4 heterocycles. The van der Waals surface area contributed by atoms with Crippen molar-refractivity contribution in [2.45, 2.75) is 6.04 Å². The van der Waals surface area contributed by atoms with Crippen molar-refractivity contribution in [3.8, 4) is 11.5 Å². The predicted molar refractivity (Wildman–Crippen MR) is 125 cm³/mol. The number of fused-ring (bicyclic) bond motifs is 2. The predicted octanol–water partition coefficient (Wildman–Crippen LogP) is 5.10. The molecule has 1 unspecified atom stereocenters. The van der Waals surface area contributed by atoms with Gasteiger partial charge in [-0.15, -0.1) is 0 Å². The fourth-order valence-corrected chi connectivity index (χ4v) is 4.59. The van der Waals surface area contributed by atoms with Crippen LogP contribution in [0.5, 0.6) is 11.5 Å². The molecular weight excluding hydrogens is 504 g/mol. The molecule has 9 heteroatoms. The lowest BCUT2D eigenvalue weighted by Crippen LogP contribution is -2.31. The van der Waals surface area contributed by atoms with E-state index in [9.17, 15) is 14.7 Å². The molecule has 0 fully saturated rings.